The summed E-state index contributed by atoms with van der Waals surface area (Å²) in [5.41, 5.74) is 2.05. The van der Waals surface area contributed by atoms with Gasteiger partial charge in [0.1, 0.15) is 6.10 Å². The lowest BCUT2D eigenvalue weighted by molar-refractivity contribution is -0.152. The van der Waals surface area contributed by atoms with Crippen LogP contribution in [0.15, 0.2) is 24.3 Å². The maximum Gasteiger partial charge on any atom is 0.308 e. The van der Waals surface area contributed by atoms with Gasteiger partial charge in [-0.2, -0.15) is 0 Å². The van der Waals surface area contributed by atoms with Crippen LogP contribution in [-0.4, -0.2) is 17.7 Å². The van der Waals surface area contributed by atoms with Gasteiger partial charge in [0.25, 0.3) is 0 Å². The van der Waals surface area contributed by atoms with Crippen LogP contribution in [0.4, 0.5) is 0 Å². The lowest BCUT2D eigenvalue weighted by atomic mass is 10.1. The summed E-state index contributed by atoms with van der Waals surface area (Å²) in [5, 5.41) is 8.81. The Morgan fingerprint density at radius 3 is 2.29 bits per heavy atom. The van der Waals surface area contributed by atoms with E-state index in [0.29, 0.717) is 6.42 Å². The fourth-order valence-corrected chi connectivity index (χ4v) is 1.46. The molecule has 0 bridgehead atoms. The van der Waals surface area contributed by atoms with E-state index in [1.54, 1.807) is 0 Å². The third-order valence-electron chi connectivity index (χ3n) is 2.61. The summed E-state index contributed by atoms with van der Waals surface area (Å²) in [6.07, 6.45) is 0.425. The first kappa shape index (κ1) is 13.7. The van der Waals surface area contributed by atoms with Crippen molar-refractivity contribution >= 4 is 5.97 Å². The van der Waals surface area contributed by atoms with E-state index >= 15 is 0 Å². The molecule has 94 valence electrons. The number of hydrogen-bond donors (Lipinski definition) is 1. The molecule has 0 heterocycles. The van der Waals surface area contributed by atoms with Gasteiger partial charge in [0.2, 0.25) is 0 Å². The number of carbonyl (C=O) groups is 1. The van der Waals surface area contributed by atoms with E-state index in [0.717, 1.165) is 11.1 Å². The summed E-state index contributed by atoms with van der Waals surface area (Å²) in [4.78, 5) is 11.4. The maximum atomic E-state index is 11.4. The van der Waals surface area contributed by atoms with Crippen LogP contribution >= 0.6 is 0 Å². The molecule has 0 aromatic heterocycles. The Kier molecular flexibility index (Phi) is 5.16. The van der Waals surface area contributed by atoms with Crippen LogP contribution in [0.5, 0.6) is 0 Å². The van der Waals surface area contributed by atoms with Gasteiger partial charge < -0.3 is 9.84 Å². The molecular weight excluding hydrogens is 216 g/mol. The molecule has 1 unspecified atom stereocenters. The van der Waals surface area contributed by atoms with Crippen molar-refractivity contribution in [1.29, 1.82) is 0 Å². The second-order valence-electron chi connectivity index (χ2n) is 4.45. The summed E-state index contributed by atoms with van der Waals surface area (Å²) in [7, 11) is 0. The van der Waals surface area contributed by atoms with E-state index in [1.807, 2.05) is 45.0 Å². The summed E-state index contributed by atoms with van der Waals surface area (Å²) in [6, 6.07) is 7.77. The molecule has 0 aliphatic rings. The number of hydrogen-bond acceptors (Lipinski definition) is 3. The van der Waals surface area contributed by atoms with E-state index in [1.165, 1.54) is 0 Å². The third kappa shape index (κ3) is 4.19. The molecule has 0 aliphatic carbocycles. The fraction of sp³-hybridized carbons (Fsp3) is 0.500. The highest BCUT2D eigenvalue weighted by atomic mass is 16.5. The van der Waals surface area contributed by atoms with Gasteiger partial charge in [0.15, 0.2) is 0 Å². The Bertz CT molecular complexity index is 354. The van der Waals surface area contributed by atoms with Gasteiger partial charge >= 0.3 is 5.97 Å². The molecule has 1 N–H and O–H groups in total. The number of benzene rings is 1. The molecule has 0 spiro atoms. The molecule has 1 rings (SSSR count). The highest BCUT2D eigenvalue weighted by Gasteiger charge is 2.14. The van der Waals surface area contributed by atoms with Gasteiger partial charge in [-0.15, -0.1) is 0 Å². The van der Waals surface area contributed by atoms with Crippen molar-refractivity contribution in [2.75, 3.05) is 6.61 Å². The van der Waals surface area contributed by atoms with Gasteiger partial charge in [-0.05, 0) is 24.5 Å². The van der Waals surface area contributed by atoms with Crippen molar-refractivity contribution in [1.82, 2.24) is 0 Å². The molecule has 0 saturated heterocycles. The number of ether oxygens (including phenoxy) is 1. The van der Waals surface area contributed by atoms with Gasteiger partial charge in [0, 0.05) is 6.61 Å². The number of esters is 1. The van der Waals surface area contributed by atoms with E-state index in [-0.39, 0.29) is 24.6 Å². The van der Waals surface area contributed by atoms with Crippen molar-refractivity contribution in [2.24, 2.45) is 5.92 Å². The largest absolute Gasteiger partial charge is 0.458 e. The topological polar surface area (TPSA) is 46.5 Å². The van der Waals surface area contributed by atoms with E-state index < -0.39 is 0 Å². The lowest BCUT2D eigenvalue weighted by Crippen LogP contribution is -2.14. The van der Waals surface area contributed by atoms with Crippen molar-refractivity contribution in [2.45, 2.75) is 33.3 Å². The second kappa shape index (κ2) is 6.40. The van der Waals surface area contributed by atoms with Gasteiger partial charge in [-0.25, -0.2) is 0 Å². The lowest BCUT2D eigenvalue weighted by Gasteiger charge is -2.15. The standard InChI is InChI=1S/C14H20O3/c1-10(2)14(16)17-11(3)13-6-4-12(5-7-13)8-9-15/h4-7,10-11,15H,8-9H2,1-3H3. The Labute approximate surface area is 102 Å². The van der Waals surface area contributed by atoms with Crippen LogP contribution < -0.4 is 0 Å². The quantitative estimate of drug-likeness (QED) is 0.799. The first-order valence-corrected chi connectivity index (χ1v) is 5.94. The van der Waals surface area contributed by atoms with Crippen LogP contribution in [0, 0.1) is 5.92 Å². The Balaban J connectivity index is 2.63. The average Bonchev–Trinajstić information content (AvgIpc) is 2.30. The van der Waals surface area contributed by atoms with E-state index in [2.05, 4.69) is 0 Å². The zero-order chi connectivity index (χ0) is 12.8. The van der Waals surface area contributed by atoms with E-state index in [4.69, 9.17) is 9.84 Å². The van der Waals surface area contributed by atoms with Crippen LogP contribution in [0.2, 0.25) is 0 Å². The highest BCUT2D eigenvalue weighted by molar-refractivity contribution is 5.71. The first-order chi connectivity index (χ1) is 8.04. The highest BCUT2D eigenvalue weighted by Crippen LogP contribution is 2.19. The molecule has 0 aliphatic heterocycles. The van der Waals surface area contributed by atoms with Crippen LogP contribution in [0.1, 0.15) is 38.0 Å². The summed E-state index contributed by atoms with van der Waals surface area (Å²) < 4.78 is 5.31. The molecule has 3 nitrogen and oxygen atoms in total. The van der Waals surface area contributed by atoms with Crippen LogP contribution in [0.3, 0.4) is 0 Å². The normalized spacial score (nSPS) is 12.5. The molecular formula is C14H20O3. The molecule has 1 atom stereocenters. The predicted molar refractivity (Wildman–Crippen MR) is 66.6 cm³/mol. The summed E-state index contributed by atoms with van der Waals surface area (Å²) in [6.45, 7) is 5.65. The second-order valence-corrected chi connectivity index (χ2v) is 4.45. The molecule has 0 amide bonds. The first-order valence-electron chi connectivity index (χ1n) is 5.94. The average molecular weight is 236 g/mol. The minimum atomic E-state index is -0.229. The third-order valence-corrected chi connectivity index (χ3v) is 2.61. The van der Waals surface area contributed by atoms with Crippen molar-refractivity contribution < 1.29 is 14.6 Å². The Morgan fingerprint density at radius 2 is 1.82 bits per heavy atom. The van der Waals surface area contributed by atoms with Crippen molar-refractivity contribution in [3.05, 3.63) is 35.4 Å². The zero-order valence-electron chi connectivity index (χ0n) is 10.6. The molecule has 0 radical (unpaired) electrons. The predicted octanol–water partition coefficient (Wildman–Crippen LogP) is 2.48. The Hall–Kier alpha value is -1.35. The minimum Gasteiger partial charge on any atom is -0.458 e. The van der Waals surface area contributed by atoms with Crippen molar-refractivity contribution in [3.8, 4) is 0 Å². The van der Waals surface area contributed by atoms with Crippen LogP contribution in [0.25, 0.3) is 0 Å². The molecule has 0 saturated carbocycles. The molecule has 17 heavy (non-hydrogen) atoms. The number of aliphatic hydroxyl groups is 1. The molecule has 1 aromatic carbocycles. The minimum absolute atomic E-state index is 0.105. The smallest absolute Gasteiger partial charge is 0.308 e. The number of carbonyl (C=O) groups excluding carboxylic acids is 1. The number of rotatable bonds is 5. The fourth-order valence-electron chi connectivity index (χ4n) is 1.46. The Morgan fingerprint density at radius 1 is 1.24 bits per heavy atom. The summed E-state index contributed by atoms with van der Waals surface area (Å²) in [5.74, 6) is -0.289. The monoisotopic (exact) mass is 236 g/mol. The SMILES string of the molecule is CC(C)C(=O)OC(C)c1ccc(CCO)cc1. The van der Waals surface area contributed by atoms with E-state index in [9.17, 15) is 4.79 Å². The van der Waals surface area contributed by atoms with Gasteiger partial charge in [-0.3, -0.25) is 4.79 Å². The van der Waals surface area contributed by atoms with Crippen molar-refractivity contribution in [3.63, 3.8) is 0 Å². The van der Waals surface area contributed by atoms with Gasteiger partial charge in [0.05, 0.1) is 5.92 Å². The zero-order valence-corrected chi connectivity index (χ0v) is 10.6. The van der Waals surface area contributed by atoms with Gasteiger partial charge in [-0.1, -0.05) is 38.1 Å². The van der Waals surface area contributed by atoms with Crippen LogP contribution in [-0.2, 0) is 16.0 Å². The molecule has 0 fully saturated rings. The summed E-state index contributed by atoms with van der Waals surface area (Å²) >= 11 is 0. The molecule has 1 aromatic rings. The maximum absolute atomic E-state index is 11.4. The molecule has 3 heteroatoms. The number of aliphatic hydroxyl groups excluding tert-OH is 1.